The molecule has 0 saturated carbocycles. The zero-order chi connectivity index (χ0) is 12.3. The molecule has 7 heteroatoms. The van der Waals surface area contributed by atoms with Crippen molar-refractivity contribution in [2.45, 2.75) is 26.3 Å². The summed E-state index contributed by atoms with van der Waals surface area (Å²) < 4.78 is 30.0. The Kier molecular flexibility index (Phi) is 3.68. The number of furan rings is 1. The summed E-state index contributed by atoms with van der Waals surface area (Å²) in [6.45, 7) is 2.41. The lowest BCUT2D eigenvalue weighted by Crippen LogP contribution is -1.97. The zero-order valence-electron chi connectivity index (χ0n) is 9.11. The minimum absolute atomic E-state index is 0.277. The average molecular weight is 259 g/mol. The van der Waals surface area contributed by atoms with Crippen LogP contribution in [0.2, 0.25) is 0 Å². The monoisotopic (exact) mass is 259 g/mol. The van der Waals surface area contributed by atoms with Gasteiger partial charge in [-0.05, 0) is 12.1 Å². The van der Waals surface area contributed by atoms with Crippen LogP contribution in [0.15, 0.2) is 16.5 Å². The summed E-state index contributed by atoms with van der Waals surface area (Å²) in [5.74, 6) is 1.64. The van der Waals surface area contributed by atoms with Crippen molar-refractivity contribution in [3.63, 3.8) is 0 Å². The van der Waals surface area contributed by atoms with Crippen LogP contribution >= 0.6 is 11.3 Å². The maximum absolute atomic E-state index is 12.3. The quantitative estimate of drug-likeness (QED) is 0.895. The van der Waals surface area contributed by atoms with Gasteiger partial charge in [0.2, 0.25) is 5.13 Å². The van der Waals surface area contributed by atoms with Gasteiger partial charge in [0.25, 0.3) is 6.43 Å². The van der Waals surface area contributed by atoms with Crippen molar-refractivity contribution in [2.75, 3.05) is 5.32 Å². The Labute approximate surface area is 101 Å². The molecule has 92 valence electrons. The minimum Gasteiger partial charge on any atom is -0.464 e. The second kappa shape index (κ2) is 5.22. The Balaban J connectivity index is 1.92. The predicted octanol–water partition coefficient (Wildman–Crippen LogP) is 3.24. The lowest BCUT2D eigenvalue weighted by Gasteiger charge is -1.97. The zero-order valence-corrected chi connectivity index (χ0v) is 9.93. The molecule has 0 aliphatic rings. The molecule has 4 nitrogen and oxygen atoms in total. The summed E-state index contributed by atoms with van der Waals surface area (Å²) in [5, 5.41) is 9.97. The number of nitrogens with one attached hydrogen (secondary N) is 1. The van der Waals surface area contributed by atoms with Crippen LogP contribution in [0.25, 0.3) is 0 Å². The van der Waals surface area contributed by atoms with E-state index in [4.69, 9.17) is 4.42 Å². The lowest BCUT2D eigenvalue weighted by molar-refractivity contribution is 0.150. The third-order valence-corrected chi connectivity index (χ3v) is 3.00. The molecule has 0 aromatic carbocycles. The van der Waals surface area contributed by atoms with Crippen LogP contribution in [-0.2, 0) is 13.0 Å². The first-order valence-corrected chi connectivity index (χ1v) is 5.93. The standard InChI is InChI=1S/C10H11F2N3OS/c1-2-6-3-4-7(16-6)5-13-10-15-14-9(17-10)8(11)12/h3-4,8H,2,5H2,1H3,(H,13,15). The van der Waals surface area contributed by atoms with E-state index in [1.54, 1.807) is 0 Å². The molecular formula is C10H11F2N3OS. The number of anilines is 1. The molecule has 0 unspecified atom stereocenters. The molecule has 0 atom stereocenters. The highest BCUT2D eigenvalue weighted by atomic mass is 32.1. The molecule has 1 N–H and O–H groups in total. The molecule has 0 radical (unpaired) electrons. The highest BCUT2D eigenvalue weighted by Gasteiger charge is 2.13. The molecule has 0 spiro atoms. The van der Waals surface area contributed by atoms with Crippen LogP contribution in [0.5, 0.6) is 0 Å². The van der Waals surface area contributed by atoms with Crippen molar-refractivity contribution in [3.8, 4) is 0 Å². The minimum atomic E-state index is -2.57. The van der Waals surface area contributed by atoms with Crippen molar-refractivity contribution in [3.05, 3.63) is 28.7 Å². The molecule has 0 saturated heterocycles. The number of alkyl halides is 2. The Bertz CT molecular complexity index is 483. The summed E-state index contributed by atoms with van der Waals surface area (Å²) in [7, 11) is 0. The third kappa shape index (κ3) is 3.00. The number of halogens is 2. The molecule has 2 aromatic heterocycles. The summed E-state index contributed by atoms with van der Waals surface area (Å²) in [6.07, 6.45) is -1.74. The number of aryl methyl sites for hydroxylation is 1. The highest BCUT2D eigenvalue weighted by molar-refractivity contribution is 7.15. The number of hydrogen-bond acceptors (Lipinski definition) is 5. The smallest absolute Gasteiger partial charge is 0.291 e. The van der Waals surface area contributed by atoms with Crippen molar-refractivity contribution >= 4 is 16.5 Å². The van der Waals surface area contributed by atoms with Gasteiger partial charge in [0.1, 0.15) is 11.5 Å². The van der Waals surface area contributed by atoms with Crippen LogP contribution in [0.3, 0.4) is 0 Å². The second-order valence-corrected chi connectivity index (χ2v) is 4.33. The van der Waals surface area contributed by atoms with Gasteiger partial charge in [-0.1, -0.05) is 18.3 Å². The number of nitrogens with zero attached hydrogens (tertiary/aromatic N) is 2. The first-order valence-electron chi connectivity index (χ1n) is 5.12. The highest BCUT2D eigenvalue weighted by Crippen LogP contribution is 2.25. The Hall–Kier alpha value is -1.50. The van der Waals surface area contributed by atoms with Crippen molar-refractivity contribution in [2.24, 2.45) is 0 Å². The van der Waals surface area contributed by atoms with Gasteiger partial charge in [-0.2, -0.15) is 0 Å². The second-order valence-electron chi connectivity index (χ2n) is 3.32. The van der Waals surface area contributed by atoms with E-state index in [2.05, 4.69) is 15.5 Å². The van der Waals surface area contributed by atoms with E-state index in [1.165, 1.54) is 0 Å². The van der Waals surface area contributed by atoms with Crippen LogP contribution in [0.4, 0.5) is 13.9 Å². The van der Waals surface area contributed by atoms with E-state index in [-0.39, 0.29) is 5.01 Å². The molecular weight excluding hydrogens is 248 g/mol. The Morgan fingerprint density at radius 3 is 2.71 bits per heavy atom. The normalized spacial score (nSPS) is 11.1. The molecule has 2 rings (SSSR count). The molecule has 0 aliphatic heterocycles. The van der Waals surface area contributed by atoms with E-state index >= 15 is 0 Å². The van der Waals surface area contributed by atoms with Crippen LogP contribution in [0.1, 0.15) is 29.9 Å². The van der Waals surface area contributed by atoms with E-state index in [0.29, 0.717) is 11.7 Å². The number of hydrogen-bond donors (Lipinski definition) is 1. The van der Waals surface area contributed by atoms with Gasteiger partial charge < -0.3 is 9.73 Å². The fourth-order valence-electron chi connectivity index (χ4n) is 1.26. The molecule has 2 aromatic rings. The first kappa shape index (κ1) is 12.0. The van der Waals surface area contributed by atoms with Gasteiger partial charge in [-0.3, -0.25) is 0 Å². The van der Waals surface area contributed by atoms with Crippen molar-refractivity contribution in [1.29, 1.82) is 0 Å². The van der Waals surface area contributed by atoms with Crippen molar-refractivity contribution < 1.29 is 13.2 Å². The van der Waals surface area contributed by atoms with Gasteiger partial charge >= 0.3 is 0 Å². The maximum atomic E-state index is 12.3. The van der Waals surface area contributed by atoms with E-state index < -0.39 is 6.43 Å². The van der Waals surface area contributed by atoms with Crippen LogP contribution in [0, 0.1) is 0 Å². The van der Waals surface area contributed by atoms with E-state index in [9.17, 15) is 8.78 Å². The Morgan fingerprint density at radius 1 is 1.35 bits per heavy atom. The molecule has 2 heterocycles. The summed E-state index contributed by atoms with van der Waals surface area (Å²) in [6, 6.07) is 3.74. The van der Waals surface area contributed by atoms with Crippen LogP contribution in [-0.4, -0.2) is 10.2 Å². The maximum Gasteiger partial charge on any atom is 0.291 e. The fourth-order valence-corrected chi connectivity index (χ4v) is 1.86. The number of aromatic nitrogens is 2. The van der Waals surface area contributed by atoms with Gasteiger partial charge in [-0.25, -0.2) is 8.78 Å². The molecule has 0 amide bonds. The summed E-state index contributed by atoms with van der Waals surface area (Å²) in [5.41, 5.74) is 0. The summed E-state index contributed by atoms with van der Waals surface area (Å²) in [4.78, 5) is 0. The first-order chi connectivity index (χ1) is 8.19. The fraction of sp³-hybridized carbons (Fsp3) is 0.400. The predicted molar refractivity (Wildman–Crippen MR) is 60.3 cm³/mol. The molecule has 0 fully saturated rings. The number of rotatable bonds is 5. The van der Waals surface area contributed by atoms with E-state index in [1.807, 2.05) is 19.1 Å². The van der Waals surface area contributed by atoms with Gasteiger partial charge in [0, 0.05) is 6.42 Å². The van der Waals surface area contributed by atoms with Gasteiger partial charge in [0.15, 0.2) is 5.01 Å². The SMILES string of the molecule is CCc1ccc(CNc2nnc(C(F)F)s2)o1. The van der Waals surface area contributed by atoms with Crippen molar-refractivity contribution in [1.82, 2.24) is 10.2 Å². The summed E-state index contributed by atoms with van der Waals surface area (Å²) >= 11 is 0.848. The third-order valence-electron chi connectivity index (χ3n) is 2.11. The van der Waals surface area contributed by atoms with Crippen LogP contribution < -0.4 is 5.32 Å². The van der Waals surface area contributed by atoms with Gasteiger partial charge in [-0.15, -0.1) is 10.2 Å². The largest absolute Gasteiger partial charge is 0.464 e. The lowest BCUT2D eigenvalue weighted by atomic mass is 10.3. The molecule has 17 heavy (non-hydrogen) atoms. The molecule has 0 aliphatic carbocycles. The average Bonchev–Trinajstić information content (AvgIpc) is 2.95. The Morgan fingerprint density at radius 2 is 2.12 bits per heavy atom. The van der Waals surface area contributed by atoms with E-state index in [0.717, 1.165) is 29.3 Å². The van der Waals surface area contributed by atoms with Gasteiger partial charge in [0.05, 0.1) is 6.54 Å². The topological polar surface area (TPSA) is 51.0 Å². The molecule has 0 bridgehead atoms.